The van der Waals surface area contributed by atoms with Gasteiger partial charge in [-0.3, -0.25) is 0 Å². The predicted octanol–water partition coefficient (Wildman–Crippen LogP) is 1.57. The second-order valence-corrected chi connectivity index (χ2v) is 5.30. The van der Waals surface area contributed by atoms with Crippen LogP contribution < -0.4 is 4.90 Å². The van der Waals surface area contributed by atoms with Gasteiger partial charge in [0.25, 0.3) is 0 Å². The smallest absolute Gasteiger partial charge is 0.136 e. The van der Waals surface area contributed by atoms with Gasteiger partial charge in [0, 0.05) is 26.7 Å². The van der Waals surface area contributed by atoms with Crippen LogP contribution in [0.3, 0.4) is 0 Å². The summed E-state index contributed by atoms with van der Waals surface area (Å²) in [5, 5.41) is 17.4. The number of aryl methyl sites for hydroxylation is 1. The first-order valence-electron chi connectivity index (χ1n) is 6.94. The molecule has 1 aliphatic heterocycles. The Kier molecular flexibility index (Phi) is 3.38. The lowest BCUT2D eigenvalue weighted by Crippen LogP contribution is -2.34. The molecule has 0 saturated carbocycles. The van der Waals surface area contributed by atoms with Crippen molar-refractivity contribution in [3.8, 4) is 0 Å². The van der Waals surface area contributed by atoms with Gasteiger partial charge in [-0.2, -0.15) is 0 Å². The van der Waals surface area contributed by atoms with E-state index in [1.54, 1.807) is 0 Å². The van der Waals surface area contributed by atoms with Gasteiger partial charge in [0.2, 0.25) is 0 Å². The summed E-state index contributed by atoms with van der Waals surface area (Å²) in [5.74, 6) is 0.669. The van der Waals surface area contributed by atoms with E-state index in [1.807, 2.05) is 11.7 Å². The Morgan fingerprint density at radius 2 is 2.11 bits per heavy atom. The second kappa shape index (κ2) is 5.17. The van der Waals surface area contributed by atoms with Crippen LogP contribution in [0.1, 0.15) is 19.3 Å². The van der Waals surface area contributed by atoms with Crippen molar-refractivity contribution < 1.29 is 5.11 Å². The van der Waals surface area contributed by atoms with Crippen LogP contribution in [-0.4, -0.2) is 39.8 Å². The quantitative estimate of drug-likeness (QED) is 0.910. The van der Waals surface area contributed by atoms with E-state index < -0.39 is 0 Å². The monoisotopic (exact) mass is 260 g/mol. The van der Waals surface area contributed by atoms with E-state index in [1.165, 1.54) is 5.69 Å². The maximum atomic E-state index is 9.01. The molecule has 0 unspecified atom stereocenters. The number of piperidine rings is 1. The number of aliphatic hydroxyl groups is 1. The van der Waals surface area contributed by atoms with Gasteiger partial charge in [0.1, 0.15) is 5.52 Å². The van der Waals surface area contributed by atoms with Crippen LogP contribution in [0.2, 0.25) is 0 Å². The van der Waals surface area contributed by atoms with E-state index in [0.29, 0.717) is 12.5 Å². The predicted molar refractivity (Wildman–Crippen MR) is 75.1 cm³/mol. The van der Waals surface area contributed by atoms with Gasteiger partial charge < -0.3 is 10.0 Å². The minimum absolute atomic E-state index is 0.310. The molecule has 1 aromatic heterocycles. The zero-order chi connectivity index (χ0) is 13.2. The average molecular weight is 260 g/mol. The highest BCUT2D eigenvalue weighted by atomic mass is 16.3. The zero-order valence-corrected chi connectivity index (χ0v) is 11.3. The molecule has 1 aliphatic rings. The van der Waals surface area contributed by atoms with Gasteiger partial charge in [-0.25, -0.2) is 4.68 Å². The molecule has 5 heteroatoms. The number of aromatic nitrogens is 3. The highest BCUT2D eigenvalue weighted by molar-refractivity contribution is 5.88. The van der Waals surface area contributed by atoms with Crippen LogP contribution in [0.15, 0.2) is 18.2 Å². The van der Waals surface area contributed by atoms with Crippen LogP contribution in [0.4, 0.5) is 5.69 Å². The third-order valence-electron chi connectivity index (χ3n) is 4.11. The fourth-order valence-electron chi connectivity index (χ4n) is 2.94. The molecular formula is C14H20N4O. The molecule has 0 amide bonds. The highest BCUT2D eigenvalue weighted by Gasteiger charge is 2.21. The van der Waals surface area contributed by atoms with Gasteiger partial charge in [-0.15, -0.1) is 5.10 Å². The summed E-state index contributed by atoms with van der Waals surface area (Å²) in [6, 6.07) is 6.25. The summed E-state index contributed by atoms with van der Waals surface area (Å²) in [6.45, 7) is 2.39. The fraction of sp³-hybridized carbons (Fsp3) is 0.571. The van der Waals surface area contributed by atoms with Crippen LogP contribution in [0.5, 0.6) is 0 Å². The summed E-state index contributed by atoms with van der Waals surface area (Å²) in [4.78, 5) is 2.39. The molecule has 0 bridgehead atoms. The van der Waals surface area contributed by atoms with E-state index in [9.17, 15) is 0 Å². The Morgan fingerprint density at radius 3 is 2.84 bits per heavy atom. The molecule has 2 heterocycles. The molecule has 1 N–H and O–H groups in total. The number of fused-ring (bicyclic) bond motifs is 1. The summed E-state index contributed by atoms with van der Waals surface area (Å²) < 4.78 is 1.82. The second-order valence-electron chi connectivity index (χ2n) is 5.30. The lowest BCUT2D eigenvalue weighted by Gasteiger charge is -2.33. The first-order valence-corrected chi connectivity index (χ1v) is 6.94. The van der Waals surface area contributed by atoms with E-state index >= 15 is 0 Å². The first kappa shape index (κ1) is 12.4. The first-order chi connectivity index (χ1) is 9.29. The Morgan fingerprint density at radius 1 is 1.32 bits per heavy atom. The average Bonchev–Trinajstić information content (AvgIpc) is 2.82. The summed E-state index contributed by atoms with van der Waals surface area (Å²) >= 11 is 0. The molecule has 3 rings (SSSR count). The molecule has 1 aromatic carbocycles. The largest absolute Gasteiger partial charge is 0.396 e. The van der Waals surface area contributed by atoms with Crippen molar-refractivity contribution in [3.63, 3.8) is 0 Å². The number of hydrogen-bond donors (Lipinski definition) is 1. The van der Waals surface area contributed by atoms with Crippen LogP contribution in [0, 0.1) is 5.92 Å². The number of hydrogen-bond acceptors (Lipinski definition) is 4. The maximum Gasteiger partial charge on any atom is 0.136 e. The standard InChI is InChI=1S/C14H20N4O/c1-17-12-3-2-4-13(14(12)15-16-17)18-8-5-11(6-9-18)7-10-19/h2-4,11,19H,5-10H2,1H3. The topological polar surface area (TPSA) is 54.2 Å². The van der Waals surface area contributed by atoms with Gasteiger partial charge in [0.15, 0.2) is 0 Å². The molecular weight excluding hydrogens is 240 g/mol. The Labute approximate surface area is 112 Å². The van der Waals surface area contributed by atoms with E-state index in [0.717, 1.165) is 43.4 Å². The molecule has 1 fully saturated rings. The van der Waals surface area contributed by atoms with Crippen molar-refractivity contribution in [1.82, 2.24) is 15.0 Å². The molecule has 0 atom stereocenters. The summed E-state index contributed by atoms with van der Waals surface area (Å²) in [6.07, 6.45) is 3.23. The van der Waals surface area contributed by atoms with Gasteiger partial charge in [-0.05, 0) is 37.3 Å². The Bertz CT molecular complexity index is 558. The SMILES string of the molecule is Cn1nnc2c(N3CCC(CCO)CC3)cccc21. The third-order valence-corrected chi connectivity index (χ3v) is 4.11. The molecule has 0 aliphatic carbocycles. The van der Waals surface area contributed by atoms with Gasteiger partial charge >= 0.3 is 0 Å². The number of anilines is 1. The molecule has 102 valence electrons. The van der Waals surface area contributed by atoms with Gasteiger partial charge in [-0.1, -0.05) is 11.3 Å². The fourth-order valence-corrected chi connectivity index (χ4v) is 2.94. The summed E-state index contributed by atoms with van der Waals surface area (Å²) in [5.41, 5.74) is 3.26. The van der Waals surface area contributed by atoms with E-state index in [2.05, 4.69) is 33.4 Å². The third kappa shape index (κ3) is 2.30. The van der Waals surface area contributed by atoms with E-state index in [-0.39, 0.29) is 0 Å². The van der Waals surface area contributed by atoms with Crippen LogP contribution in [-0.2, 0) is 7.05 Å². The molecule has 2 aromatic rings. The minimum Gasteiger partial charge on any atom is -0.396 e. The molecule has 0 radical (unpaired) electrons. The maximum absolute atomic E-state index is 9.01. The summed E-state index contributed by atoms with van der Waals surface area (Å²) in [7, 11) is 1.92. The van der Waals surface area contributed by atoms with Crippen molar-refractivity contribution in [2.45, 2.75) is 19.3 Å². The van der Waals surface area contributed by atoms with E-state index in [4.69, 9.17) is 5.11 Å². The molecule has 0 spiro atoms. The highest BCUT2D eigenvalue weighted by Crippen LogP contribution is 2.29. The lowest BCUT2D eigenvalue weighted by atomic mass is 9.93. The number of rotatable bonds is 3. The lowest BCUT2D eigenvalue weighted by molar-refractivity contribution is 0.240. The van der Waals surface area contributed by atoms with Crippen molar-refractivity contribution >= 4 is 16.7 Å². The Balaban J connectivity index is 1.82. The van der Waals surface area contributed by atoms with Gasteiger partial charge in [0.05, 0.1) is 11.2 Å². The number of aliphatic hydroxyl groups excluding tert-OH is 1. The van der Waals surface area contributed by atoms with Crippen molar-refractivity contribution in [1.29, 1.82) is 0 Å². The normalized spacial score (nSPS) is 17.3. The number of nitrogens with zero attached hydrogens (tertiary/aromatic N) is 4. The minimum atomic E-state index is 0.310. The molecule has 19 heavy (non-hydrogen) atoms. The van der Waals surface area contributed by atoms with Crippen molar-refractivity contribution in [2.75, 3.05) is 24.6 Å². The van der Waals surface area contributed by atoms with Crippen LogP contribution >= 0.6 is 0 Å². The van der Waals surface area contributed by atoms with Crippen molar-refractivity contribution in [2.24, 2.45) is 13.0 Å². The number of benzene rings is 1. The molecule has 1 saturated heterocycles. The van der Waals surface area contributed by atoms with Crippen LogP contribution in [0.25, 0.3) is 11.0 Å². The Hall–Kier alpha value is -1.62. The molecule has 5 nitrogen and oxygen atoms in total. The zero-order valence-electron chi connectivity index (χ0n) is 11.3. The van der Waals surface area contributed by atoms with Crippen molar-refractivity contribution in [3.05, 3.63) is 18.2 Å².